The lowest BCUT2D eigenvalue weighted by molar-refractivity contribution is -0.130. The highest BCUT2D eigenvalue weighted by Crippen LogP contribution is 2.12. The monoisotopic (exact) mass is 522 g/mol. The van der Waals surface area contributed by atoms with E-state index < -0.39 is 0 Å². The van der Waals surface area contributed by atoms with Gasteiger partial charge in [-0.2, -0.15) is 0 Å². The number of nitrogens with one attached hydrogen (secondary N) is 1. The first-order chi connectivity index (χ1) is 14.2. The Morgan fingerprint density at radius 3 is 2.43 bits per heavy atom. The minimum absolute atomic E-state index is 0. The third-order valence-corrected chi connectivity index (χ3v) is 5.07. The number of carbonyl (C=O) groups is 1. The van der Waals surface area contributed by atoms with Crippen LogP contribution in [0.5, 0.6) is 0 Å². The maximum Gasteiger partial charge on any atom is 0.224 e. The molecule has 2 aromatic rings. The normalized spacial score (nSPS) is 14.1. The van der Waals surface area contributed by atoms with E-state index in [4.69, 9.17) is 0 Å². The van der Waals surface area contributed by atoms with E-state index in [0.717, 1.165) is 43.5 Å². The molecule has 1 fully saturated rings. The molecule has 2 heterocycles. The number of benzene rings is 1. The highest BCUT2D eigenvalue weighted by Gasteiger charge is 2.20. The molecule has 1 aromatic carbocycles. The number of aromatic nitrogens is 1. The number of aliphatic imine (C=N–C) groups is 1. The maximum absolute atomic E-state index is 12.4. The smallest absolute Gasteiger partial charge is 0.224 e. The van der Waals surface area contributed by atoms with Crippen molar-refractivity contribution >= 4 is 41.7 Å². The van der Waals surface area contributed by atoms with Gasteiger partial charge in [0.15, 0.2) is 5.96 Å². The average molecular weight is 522 g/mol. The second-order valence-corrected chi connectivity index (χ2v) is 7.12. The number of halogens is 1. The molecular weight excluding hydrogens is 491 g/mol. The first-order valence-electron chi connectivity index (χ1n) is 10.1. The van der Waals surface area contributed by atoms with Crippen LogP contribution in [0.3, 0.4) is 0 Å². The number of guanidine groups is 1. The molecule has 0 atom stereocenters. The van der Waals surface area contributed by atoms with Gasteiger partial charge in [-0.15, -0.1) is 24.0 Å². The summed E-state index contributed by atoms with van der Waals surface area (Å²) in [7, 11) is 3.64. The van der Waals surface area contributed by atoms with E-state index >= 15 is 0 Å². The average Bonchev–Trinajstić information content (AvgIpc) is 2.78. The number of hydrogen-bond donors (Lipinski definition) is 1. The molecule has 0 bridgehead atoms. The molecule has 0 spiro atoms. The summed E-state index contributed by atoms with van der Waals surface area (Å²) in [6, 6.07) is 16.0. The summed E-state index contributed by atoms with van der Waals surface area (Å²) in [5.41, 5.74) is 1.14. The van der Waals surface area contributed by atoms with Crippen LogP contribution in [0.25, 0.3) is 0 Å². The van der Waals surface area contributed by atoms with E-state index in [-0.39, 0.29) is 29.9 Å². The van der Waals surface area contributed by atoms with Crippen molar-refractivity contribution in [3.63, 3.8) is 0 Å². The maximum atomic E-state index is 12.4. The highest BCUT2D eigenvalue weighted by molar-refractivity contribution is 14.0. The molecule has 162 valence electrons. The zero-order valence-electron chi connectivity index (χ0n) is 17.7. The number of hydrogen-bond acceptors (Lipinski definition) is 4. The quantitative estimate of drug-likeness (QED) is 0.359. The van der Waals surface area contributed by atoms with Crippen LogP contribution in [0.2, 0.25) is 0 Å². The van der Waals surface area contributed by atoms with Crippen molar-refractivity contribution in [2.45, 2.75) is 13.0 Å². The highest BCUT2D eigenvalue weighted by atomic mass is 127. The first-order valence-corrected chi connectivity index (χ1v) is 10.1. The molecule has 0 unspecified atom stereocenters. The third kappa shape index (κ3) is 6.86. The minimum atomic E-state index is 0. The summed E-state index contributed by atoms with van der Waals surface area (Å²) in [6.07, 6.45) is 2.27. The number of amides is 1. The summed E-state index contributed by atoms with van der Waals surface area (Å²) in [5.74, 6) is 1.99. The van der Waals surface area contributed by atoms with Gasteiger partial charge in [0, 0.05) is 66.0 Å². The molecule has 1 amide bonds. The summed E-state index contributed by atoms with van der Waals surface area (Å²) in [5, 5.41) is 3.34. The van der Waals surface area contributed by atoms with E-state index in [1.54, 1.807) is 11.9 Å². The fourth-order valence-electron chi connectivity index (χ4n) is 3.44. The first kappa shape index (κ1) is 23.9. The zero-order valence-corrected chi connectivity index (χ0v) is 20.0. The Hall–Kier alpha value is -2.36. The van der Waals surface area contributed by atoms with E-state index in [1.165, 1.54) is 0 Å². The fraction of sp³-hybridized carbons (Fsp3) is 0.409. The molecule has 8 heteroatoms. The molecule has 3 rings (SSSR count). The van der Waals surface area contributed by atoms with Crippen LogP contribution < -0.4 is 10.2 Å². The van der Waals surface area contributed by atoms with Gasteiger partial charge < -0.3 is 20.0 Å². The molecule has 0 radical (unpaired) electrons. The van der Waals surface area contributed by atoms with Crippen LogP contribution in [0.15, 0.2) is 59.7 Å². The Balaban J connectivity index is 0.00000320. The van der Waals surface area contributed by atoms with Crippen LogP contribution in [-0.2, 0) is 11.3 Å². The van der Waals surface area contributed by atoms with E-state index in [9.17, 15) is 4.79 Å². The van der Waals surface area contributed by atoms with Crippen molar-refractivity contribution in [2.24, 2.45) is 4.99 Å². The topological polar surface area (TPSA) is 64.1 Å². The fourth-order valence-corrected chi connectivity index (χ4v) is 3.44. The molecule has 7 nitrogen and oxygen atoms in total. The minimum Gasteiger partial charge on any atom is -0.356 e. The molecule has 1 aliphatic rings. The Morgan fingerprint density at radius 2 is 1.80 bits per heavy atom. The molecule has 1 N–H and O–H groups in total. The van der Waals surface area contributed by atoms with Crippen molar-refractivity contribution in [1.29, 1.82) is 0 Å². The predicted molar refractivity (Wildman–Crippen MR) is 132 cm³/mol. The van der Waals surface area contributed by atoms with Crippen molar-refractivity contribution < 1.29 is 4.79 Å². The van der Waals surface area contributed by atoms with Crippen LogP contribution >= 0.6 is 24.0 Å². The number of carbonyl (C=O) groups excluding carboxylic acids is 1. The van der Waals surface area contributed by atoms with Crippen LogP contribution in [0.4, 0.5) is 5.82 Å². The molecule has 1 saturated heterocycles. The predicted octanol–water partition coefficient (Wildman–Crippen LogP) is 2.45. The van der Waals surface area contributed by atoms with Crippen LogP contribution in [0.1, 0.15) is 12.0 Å². The van der Waals surface area contributed by atoms with E-state index in [2.05, 4.69) is 25.1 Å². The van der Waals surface area contributed by atoms with Gasteiger partial charge in [0.25, 0.3) is 0 Å². The van der Waals surface area contributed by atoms with Crippen LogP contribution in [-0.4, -0.2) is 73.5 Å². The lowest BCUT2D eigenvalue weighted by Crippen LogP contribution is -2.53. The van der Waals surface area contributed by atoms with E-state index in [1.807, 2.05) is 61.8 Å². The van der Waals surface area contributed by atoms with Crippen molar-refractivity contribution in [3.8, 4) is 0 Å². The summed E-state index contributed by atoms with van der Waals surface area (Å²) >= 11 is 0. The van der Waals surface area contributed by atoms with E-state index in [0.29, 0.717) is 19.5 Å². The van der Waals surface area contributed by atoms with Gasteiger partial charge in [0.2, 0.25) is 5.91 Å². The number of piperazine rings is 1. The number of rotatable bonds is 6. The Bertz CT molecular complexity index is 794. The Kier molecular flexibility index (Phi) is 9.85. The molecule has 1 aliphatic heterocycles. The molecule has 30 heavy (non-hydrogen) atoms. The van der Waals surface area contributed by atoms with Crippen molar-refractivity contribution in [2.75, 3.05) is 51.7 Å². The third-order valence-electron chi connectivity index (χ3n) is 5.07. The second kappa shape index (κ2) is 12.4. The Morgan fingerprint density at radius 1 is 1.10 bits per heavy atom. The zero-order chi connectivity index (χ0) is 20.5. The molecule has 0 saturated carbocycles. The second-order valence-electron chi connectivity index (χ2n) is 7.12. The largest absolute Gasteiger partial charge is 0.356 e. The number of anilines is 1. The molecule has 1 aromatic heterocycles. The number of pyridine rings is 1. The standard InChI is InChI=1S/C22H30N6O.HI/c1-23-22(28-16-14-27(15-17-28)20-10-6-7-12-24-20)25-13-11-21(29)26(2)18-19-8-4-3-5-9-19;/h3-10,12H,11,13-18H2,1-2H3,(H,23,25);1H. The number of nitrogens with zero attached hydrogens (tertiary/aromatic N) is 5. The van der Waals surface area contributed by atoms with Gasteiger partial charge >= 0.3 is 0 Å². The molecule has 0 aliphatic carbocycles. The summed E-state index contributed by atoms with van der Waals surface area (Å²) in [4.78, 5) is 27.5. The van der Waals surface area contributed by atoms with Crippen molar-refractivity contribution in [3.05, 3.63) is 60.3 Å². The summed E-state index contributed by atoms with van der Waals surface area (Å²) < 4.78 is 0. The van der Waals surface area contributed by atoms with Gasteiger partial charge in [-0.05, 0) is 17.7 Å². The van der Waals surface area contributed by atoms with Gasteiger partial charge in [-0.25, -0.2) is 4.98 Å². The summed E-state index contributed by atoms with van der Waals surface area (Å²) in [6.45, 7) is 4.75. The Labute approximate surface area is 196 Å². The van der Waals surface area contributed by atoms with Gasteiger partial charge in [0.1, 0.15) is 5.82 Å². The van der Waals surface area contributed by atoms with Crippen molar-refractivity contribution in [1.82, 2.24) is 20.1 Å². The van der Waals surface area contributed by atoms with Gasteiger partial charge in [-0.3, -0.25) is 9.79 Å². The van der Waals surface area contributed by atoms with Gasteiger partial charge in [-0.1, -0.05) is 36.4 Å². The lowest BCUT2D eigenvalue weighted by atomic mass is 10.2. The van der Waals surface area contributed by atoms with Gasteiger partial charge in [0.05, 0.1) is 0 Å². The van der Waals surface area contributed by atoms with Crippen LogP contribution in [0, 0.1) is 0 Å². The lowest BCUT2D eigenvalue weighted by Gasteiger charge is -2.37. The SMILES string of the molecule is CN=C(NCCC(=O)N(C)Cc1ccccc1)N1CCN(c2ccccn2)CC1.I. The molecular formula is C22H31IN6O.